The summed E-state index contributed by atoms with van der Waals surface area (Å²) in [6.07, 6.45) is -5.59. The third-order valence-corrected chi connectivity index (χ3v) is 3.75. The molecule has 0 spiro atoms. The third kappa shape index (κ3) is 3.64. The summed E-state index contributed by atoms with van der Waals surface area (Å²) in [4.78, 5) is 25.5. The van der Waals surface area contributed by atoms with Crippen LogP contribution in [0.2, 0.25) is 0 Å². The second-order valence-electron chi connectivity index (χ2n) is 5.92. The van der Waals surface area contributed by atoms with Crippen LogP contribution >= 0.6 is 0 Å². The smallest absolute Gasteiger partial charge is 0.450 e. The Morgan fingerprint density at radius 3 is 2.33 bits per heavy atom. The summed E-state index contributed by atoms with van der Waals surface area (Å²) in [5, 5.41) is -0.0495. The van der Waals surface area contributed by atoms with Gasteiger partial charge in [0.25, 0.3) is 0 Å². The predicted molar refractivity (Wildman–Crippen MR) is 92.6 cm³/mol. The van der Waals surface area contributed by atoms with Crippen molar-refractivity contribution in [3.05, 3.63) is 64.5 Å². The molecule has 140 valence electrons. The van der Waals surface area contributed by atoms with Crippen molar-refractivity contribution in [1.82, 2.24) is 4.90 Å². The lowest BCUT2D eigenvalue weighted by Gasteiger charge is -2.14. The molecule has 1 heterocycles. The van der Waals surface area contributed by atoms with E-state index < -0.39 is 29.0 Å². The molecule has 0 N–H and O–H groups in total. The van der Waals surface area contributed by atoms with Gasteiger partial charge < -0.3 is 14.1 Å². The molecule has 0 saturated heterocycles. The van der Waals surface area contributed by atoms with E-state index in [0.29, 0.717) is 0 Å². The number of ether oxygens (including phenoxy) is 1. The van der Waals surface area contributed by atoms with Crippen LogP contribution in [0.1, 0.15) is 5.76 Å². The SMILES string of the molecule is CN(C)C(=O)Oc1ccc2c(=O)c(-c3ccccc3)c(C(F)(F)F)oc2c1. The number of nitrogens with zero attached hydrogens (tertiary/aromatic N) is 1. The standard InChI is InChI=1S/C19H14F3NO4/c1-23(2)18(25)26-12-8-9-13-14(10-12)27-17(19(20,21)22)15(16(13)24)11-6-4-3-5-7-11/h3-10H,1-2H3. The Morgan fingerprint density at radius 2 is 1.74 bits per heavy atom. The van der Waals surface area contributed by atoms with Crippen LogP contribution in [0, 0.1) is 0 Å². The monoisotopic (exact) mass is 377 g/mol. The van der Waals surface area contributed by atoms with E-state index in [4.69, 9.17) is 9.15 Å². The first-order chi connectivity index (χ1) is 12.7. The van der Waals surface area contributed by atoms with Crippen molar-refractivity contribution in [2.75, 3.05) is 14.1 Å². The van der Waals surface area contributed by atoms with Crippen molar-refractivity contribution < 1.29 is 27.1 Å². The second kappa shape index (κ2) is 6.79. The molecule has 0 saturated carbocycles. The van der Waals surface area contributed by atoms with Gasteiger partial charge in [-0.1, -0.05) is 30.3 Å². The van der Waals surface area contributed by atoms with E-state index in [9.17, 15) is 22.8 Å². The van der Waals surface area contributed by atoms with Gasteiger partial charge in [-0.3, -0.25) is 4.79 Å². The topological polar surface area (TPSA) is 59.8 Å². The van der Waals surface area contributed by atoms with Crippen LogP contribution < -0.4 is 10.2 Å². The summed E-state index contributed by atoms with van der Waals surface area (Å²) in [6.45, 7) is 0. The highest BCUT2D eigenvalue weighted by atomic mass is 19.4. The Balaban J connectivity index is 2.24. The molecule has 0 atom stereocenters. The minimum Gasteiger partial charge on any atom is -0.450 e. The molecule has 8 heteroatoms. The Hall–Kier alpha value is -3.29. The van der Waals surface area contributed by atoms with Gasteiger partial charge in [-0.25, -0.2) is 4.79 Å². The Labute approximate surface area is 151 Å². The number of hydrogen-bond donors (Lipinski definition) is 0. The number of amides is 1. The van der Waals surface area contributed by atoms with E-state index in [1.807, 2.05) is 0 Å². The first kappa shape index (κ1) is 18.5. The number of alkyl halides is 3. The molecule has 1 amide bonds. The van der Waals surface area contributed by atoms with Crippen LogP contribution in [0.5, 0.6) is 5.75 Å². The average molecular weight is 377 g/mol. The maximum Gasteiger partial charge on any atom is 0.450 e. The molecular weight excluding hydrogens is 363 g/mol. The number of carbonyl (C=O) groups is 1. The lowest BCUT2D eigenvalue weighted by Crippen LogP contribution is -2.25. The van der Waals surface area contributed by atoms with Crippen LogP contribution in [-0.4, -0.2) is 25.1 Å². The van der Waals surface area contributed by atoms with Gasteiger partial charge in [0.05, 0.1) is 10.9 Å². The van der Waals surface area contributed by atoms with Gasteiger partial charge in [-0.2, -0.15) is 13.2 Å². The summed E-state index contributed by atoms with van der Waals surface area (Å²) >= 11 is 0. The van der Waals surface area contributed by atoms with Crippen molar-refractivity contribution in [2.45, 2.75) is 6.18 Å². The molecule has 5 nitrogen and oxygen atoms in total. The Bertz CT molecular complexity index is 1060. The molecule has 3 aromatic rings. The molecule has 0 unspecified atom stereocenters. The van der Waals surface area contributed by atoms with Gasteiger partial charge in [0.1, 0.15) is 11.3 Å². The maximum atomic E-state index is 13.5. The molecule has 27 heavy (non-hydrogen) atoms. The van der Waals surface area contributed by atoms with Gasteiger partial charge in [0.15, 0.2) is 0 Å². The van der Waals surface area contributed by atoms with Crippen LogP contribution in [0.25, 0.3) is 22.1 Å². The van der Waals surface area contributed by atoms with Gasteiger partial charge in [-0.05, 0) is 17.7 Å². The van der Waals surface area contributed by atoms with Crippen LogP contribution in [-0.2, 0) is 6.18 Å². The van der Waals surface area contributed by atoms with Gasteiger partial charge in [-0.15, -0.1) is 0 Å². The highest BCUT2D eigenvalue weighted by Gasteiger charge is 2.39. The summed E-state index contributed by atoms with van der Waals surface area (Å²) in [5.74, 6) is -1.44. The zero-order valence-corrected chi connectivity index (χ0v) is 14.3. The molecule has 3 rings (SSSR count). The summed E-state index contributed by atoms with van der Waals surface area (Å²) in [7, 11) is 2.91. The molecule has 0 aliphatic rings. The molecule has 0 bridgehead atoms. The Kier molecular flexibility index (Phi) is 4.65. The summed E-state index contributed by atoms with van der Waals surface area (Å²) in [5.41, 5.74) is -1.60. The highest BCUT2D eigenvalue weighted by molar-refractivity contribution is 5.84. The Morgan fingerprint density at radius 1 is 1.07 bits per heavy atom. The minimum absolute atomic E-state index is 0.0371. The van der Waals surface area contributed by atoms with E-state index in [2.05, 4.69) is 0 Å². The van der Waals surface area contributed by atoms with E-state index in [1.54, 1.807) is 6.07 Å². The molecule has 1 aromatic heterocycles. The fourth-order valence-electron chi connectivity index (χ4n) is 2.50. The number of halogens is 3. The van der Waals surface area contributed by atoms with E-state index in [1.165, 1.54) is 50.5 Å². The fourth-order valence-corrected chi connectivity index (χ4v) is 2.50. The molecule has 0 radical (unpaired) electrons. The van der Waals surface area contributed by atoms with Crippen LogP contribution in [0.15, 0.2) is 57.7 Å². The minimum atomic E-state index is -4.88. The zero-order valence-electron chi connectivity index (χ0n) is 14.3. The maximum absolute atomic E-state index is 13.5. The number of rotatable bonds is 2. The first-order valence-electron chi connectivity index (χ1n) is 7.81. The highest BCUT2D eigenvalue weighted by Crippen LogP contribution is 2.37. The van der Waals surface area contributed by atoms with E-state index >= 15 is 0 Å². The molecule has 2 aromatic carbocycles. The fraction of sp³-hybridized carbons (Fsp3) is 0.158. The zero-order chi connectivity index (χ0) is 19.8. The van der Waals surface area contributed by atoms with Gasteiger partial charge in [0.2, 0.25) is 11.2 Å². The number of hydrogen-bond acceptors (Lipinski definition) is 4. The van der Waals surface area contributed by atoms with Crippen molar-refractivity contribution in [3.63, 3.8) is 0 Å². The van der Waals surface area contributed by atoms with Gasteiger partial charge >= 0.3 is 12.3 Å². The van der Waals surface area contributed by atoms with Crippen LogP contribution in [0.4, 0.5) is 18.0 Å². The normalized spacial score (nSPS) is 11.4. The number of benzene rings is 2. The predicted octanol–water partition coefficient (Wildman–Crippen LogP) is 4.54. The van der Waals surface area contributed by atoms with Crippen molar-refractivity contribution in [2.24, 2.45) is 0 Å². The quantitative estimate of drug-likeness (QED) is 0.658. The largest absolute Gasteiger partial charge is 0.450 e. The molecule has 0 aliphatic carbocycles. The molecular formula is C19H14F3NO4. The van der Waals surface area contributed by atoms with E-state index in [0.717, 1.165) is 11.0 Å². The van der Waals surface area contributed by atoms with Crippen LogP contribution in [0.3, 0.4) is 0 Å². The van der Waals surface area contributed by atoms with Gasteiger partial charge in [0, 0.05) is 20.2 Å². The lowest BCUT2D eigenvalue weighted by atomic mass is 10.0. The molecule has 0 fully saturated rings. The van der Waals surface area contributed by atoms with Crippen molar-refractivity contribution >= 4 is 17.1 Å². The summed E-state index contributed by atoms with van der Waals surface area (Å²) in [6, 6.07) is 11.2. The second-order valence-corrected chi connectivity index (χ2v) is 5.92. The number of fused-ring (bicyclic) bond motifs is 1. The summed E-state index contributed by atoms with van der Waals surface area (Å²) < 4.78 is 50.7. The third-order valence-electron chi connectivity index (χ3n) is 3.75. The lowest BCUT2D eigenvalue weighted by molar-refractivity contribution is -0.152. The van der Waals surface area contributed by atoms with Crippen molar-refractivity contribution in [3.8, 4) is 16.9 Å². The average Bonchev–Trinajstić information content (AvgIpc) is 2.61. The number of carbonyl (C=O) groups excluding carboxylic acids is 1. The van der Waals surface area contributed by atoms with Crippen molar-refractivity contribution in [1.29, 1.82) is 0 Å². The first-order valence-corrected chi connectivity index (χ1v) is 7.81. The molecule has 0 aliphatic heterocycles. The van der Waals surface area contributed by atoms with E-state index in [-0.39, 0.29) is 22.3 Å².